The Hall–Kier alpha value is -2.18. The molecule has 1 saturated heterocycles. The number of piperidine rings is 1. The molecule has 112 valence electrons. The number of anilines is 1. The second-order valence-electron chi connectivity index (χ2n) is 5.63. The molecule has 1 amide bonds. The first kappa shape index (κ1) is 13.8. The summed E-state index contributed by atoms with van der Waals surface area (Å²) in [6, 6.07) is 1.80. The van der Waals surface area contributed by atoms with E-state index in [1.807, 2.05) is 0 Å². The van der Waals surface area contributed by atoms with Gasteiger partial charge in [0.15, 0.2) is 0 Å². The van der Waals surface area contributed by atoms with Crippen molar-refractivity contribution in [3.05, 3.63) is 18.5 Å². The van der Waals surface area contributed by atoms with E-state index in [-0.39, 0.29) is 17.9 Å². The maximum atomic E-state index is 12.0. The number of rotatable bonds is 4. The van der Waals surface area contributed by atoms with Crippen molar-refractivity contribution in [3.63, 3.8) is 0 Å². The number of carbonyl (C=O) groups is 2. The maximum absolute atomic E-state index is 12.0. The number of aromatic nitrogens is 2. The highest BCUT2D eigenvalue weighted by Crippen LogP contribution is 2.38. The lowest BCUT2D eigenvalue weighted by atomic mass is 10.1. The summed E-state index contributed by atoms with van der Waals surface area (Å²) in [5, 5.41) is 11.8. The van der Waals surface area contributed by atoms with Crippen LogP contribution in [0.5, 0.6) is 0 Å². The first-order valence-electron chi connectivity index (χ1n) is 7.20. The van der Waals surface area contributed by atoms with Gasteiger partial charge in [0.1, 0.15) is 0 Å². The Bertz CT molecular complexity index is 536. The Morgan fingerprint density at radius 2 is 2.05 bits per heavy atom. The van der Waals surface area contributed by atoms with Crippen molar-refractivity contribution in [3.8, 4) is 0 Å². The Morgan fingerprint density at radius 3 is 2.71 bits per heavy atom. The van der Waals surface area contributed by atoms with Crippen LogP contribution in [0.4, 0.5) is 5.95 Å². The summed E-state index contributed by atoms with van der Waals surface area (Å²) in [4.78, 5) is 33.3. The van der Waals surface area contributed by atoms with Gasteiger partial charge in [0, 0.05) is 31.5 Å². The molecule has 1 saturated carbocycles. The molecule has 0 unspecified atom stereocenters. The molecular weight excluding hydrogens is 272 g/mol. The Balaban J connectivity index is 1.55. The van der Waals surface area contributed by atoms with Crippen LogP contribution in [0.3, 0.4) is 0 Å². The molecule has 3 atom stereocenters. The van der Waals surface area contributed by atoms with E-state index in [1.54, 1.807) is 18.5 Å². The van der Waals surface area contributed by atoms with Gasteiger partial charge in [0.25, 0.3) is 0 Å². The molecule has 21 heavy (non-hydrogen) atoms. The number of carboxylic acids is 1. The van der Waals surface area contributed by atoms with Gasteiger partial charge in [-0.15, -0.1) is 0 Å². The minimum atomic E-state index is -0.877. The van der Waals surface area contributed by atoms with E-state index in [0.717, 1.165) is 19.4 Å². The highest BCUT2D eigenvalue weighted by atomic mass is 16.4. The van der Waals surface area contributed by atoms with Crippen LogP contribution in [0, 0.1) is 11.8 Å². The molecule has 2 aliphatic rings. The number of carbonyl (C=O) groups excluding carboxylic acids is 1. The molecule has 1 aliphatic carbocycles. The maximum Gasteiger partial charge on any atom is 0.307 e. The third-order valence-corrected chi connectivity index (χ3v) is 4.05. The predicted octanol–water partition coefficient (Wildman–Crippen LogP) is 0.282. The van der Waals surface area contributed by atoms with Crippen molar-refractivity contribution in [2.45, 2.75) is 25.3 Å². The first-order valence-corrected chi connectivity index (χ1v) is 7.20. The third kappa shape index (κ3) is 3.12. The average molecular weight is 290 g/mol. The summed E-state index contributed by atoms with van der Waals surface area (Å²) in [5.74, 6) is -1.19. The van der Waals surface area contributed by atoms with Gasteiger partial charge in [-0.25, -0.2) is 9.97 Å². The molecule has 0 aromatic carbocycles. The van der Waals surface area contributed by atoms with Crippen LogP contribution in [0.2, 0.25) is 0 Å². The van der Waals surface area contributed by atoms with Crippen LogP contribution in [0.1, 0.15) is 19.3 Å². The number of nitrogens with one attached hydrogen (secondary N) is 1. The smallest absolute Gasteiger partial charge is 0.307 e. The number of nitrogens with zero attached hydrogens (tertiary/aromatic N) is 3. The molecule has 1 aromatic heterocycles. The Labute approximate surface area is 122 Å². The number of amides is 1. The lowest BCUT2D eigenvalue weighted by Gasteiger charge is -2.33. The molecule has 3 rings (SSSR count). The zero-order valence-corrected chi connectivity index (χ0v) is 11.6. The monoisotopic (exact) mass is 290 g/mol. The summed E-state index contributed by atoms with van der Waals surface area (Å²) in [6.45, 7) is 1.54. The number of hydrogen-bond donors (Lipinski definition) is 2. The second kappa shape index (κ2) is 5.67. The van der Waals surface area contributed by atoms with E-state index in [0.29, 0.717) is 18.9 Å². The first-order chi connectivity index (χ1) is 10.1. The standard InChI is InChI=1S/C14H18N4O3/c19-12(10-7-11(10)13(20)21)17-9-3-1-6-18(8-9)14-15-4-2-5-16-14/h2,4-5,9-11H,1,3,6-8H2,(H,17,19)(H,20,21)/t9-,10+,11-/m1/s1. The minimum Gasteiger partial charge on any atom is -0.481 e. The quantitative estimate of drug-likeness (QED) is 0.827. The molecule has 0 bridgehead atoms. The lowest BCUT2D eigenvalue weighted by Crippen LogP contribution is -2.48. The van der Waals surface area contributed by atoms with Crippen LogP contribution >= 0.6 is 0 Å². The van der Waals surface area contributed by atoms with Crippen molar-refractivity contribution >= 4 is 17.8 Å². The zero-order chi connectivity index (χ0) is 14.8. The van der Waals surface area contributed by atoms with Gasteiger partial charge in [-0.3, -0.25) is 9.59 Å². The highest BCUT2D eigenvalue weighted by molar-refractivity contribution is 5.89. The van der Waals surface area contributed by atoms with Gasteiger partial charge >= 0.3 is 5.97 Å². The van der Waals surface area contributed by atoms with Crippen molar-refractivity contribution in [1.29, 1.82) is 0 Å². The van der Waals surface area contributed by atoms with E-state index in [9.17, 15) is 9.59 Å². The highest BCUT2D eigenvalue weighted by Gasteiger charge is 2.48. The van der Waals surface area contributed by atoms with Crippen LogP contribution in [-0.4, -0.2) is 46.1 Å². The van der Waals surface area contributed by atoms with E-state index in [4.69, 9.17) is 5.11 Å². The van der Waals surface area contributed by atoms with E-state index in [2.05, 4.69) is 20.2 Å². The van der Waals surface area contributed by atoms with Crippen LogP contribution < -0.4 is 10.2 Å². The van der Waals surface area contributed by atoms with Crippen LogP contribution in [0.15, 0.2) is 18.5 Å². The second-order valence-corrected chi connectivity index (χ2v) is 5.63. The van der Waals surface area contributed by atoms with E-state index < -0.39 is 11.9 Å². The molecule has 2 fully saturated rings. The van der Waals surface area contributed by atoms with Gasteiger partial charge in [-0.1, -0.05) is 0 Å². The summed E-state index contributed by atoms with van der Waals surface area (Å²) in [7, 11) is 0. The van der Waals surface area contributed by atoms with Crippen LogP contribution in [-0.2, 0) is 9.59 Å². The topological polar surface area (TPSA) is 95.4 Å². The van der Waals surface area contributed by atoms with E-state index in [1.165, 1.54) is 0 Å². The van der Waals surface area contributed by atoms with Gasteiger partial charge in [-0.05, 0) is 25.3 Å². The lowest BCUT2D eigenvalue weighted by molar-refractivity contribution is -0.140. The summed E-state index contributed by atoms with van der Waals surface area (Å²) >= 11 is 0. The van der Waals surface area contributed by atoms with Crippen molar-refractivity contribution < 1.29 is 14.7 Å². The number of hydrogen-bond acceptors (Lipinski definition) is 5. The van der Waals surface area contributed by atoms with Gasteiger partial charge < -0.3 is 15.3 Å². The zero-order valence-electron chi connectivity index (χ0n) is 11.6. The van der Waals surface area contributed by atoms with Crippen LogP contribution in [0.25, 0.3) is 0 Å². The molecule has 7 nitrogen and oxygen atoms in total. The van der Waals surface area contributed by atoms with Crippen molar-refractivity contribution in [1.82, 2.24) is 15.3 Å². The molecular formula is C14H18N4O3. The Morgan fingerprint density at radius 1 is 1.29 bits per heavy atom. The molecule has 2 N–H and O–H groups in total. The average Bonchev–Trinajstić information content (AvgIpc) is 3.29. The number of carboxylic acid groups (broad SMARTS) is 1. The predicted molar refractivity (Wildman–Crippen MR) is 74.6 cm³/mol. The minimum absolute atomic E-state index is 0.0325. The van der Waals surface area contributed by atoms with Gasteiger partial charge in [0.2, 0.25) is 11.9 Å². The normalized spacial score (nSPS) is 28.0. The fourth-order valence-corrected chi connectivity index (χ4v) is 2.80. The summed E-state index contributed by atoms with van der Waals surface area (Å²) in [5.41, 5.74) is 0. The van der Waals surface area contributed by atoms with Crippen molar-refractivity contribution in [2.24, 2.45) is 11.8 Å². The molecule has 2 heterocycles. The summed E-state index contributed by atoms with van der Waals surface area (Å²) in [6.07, 6.45) is 5.72. The molecule has 7 heteroatoms. The largest absolute Gasteiger partial charge is 0.481 e. The van der Waals surface area contributed by atoms with E-state index >= 15 is 0 Å². The Kier molecular flexibility index (Phi) is 3.72. The SMILES string of the molecule is O=C(N[C@@H]1CCCN(c2ncccn2)C1)[C@H]1C[C@H]1C(=O)O. The fourth-order valence-electron chi connectivity index (χ4n) is 2.80. The molecule has 0 radical (unpaired) electrons. The molecule has 1 aliphatic heterocycles. The van der Waals surface area contributed by atoms with Gasteiger partial charge in [-0.2, -0.15) is 0 Å². The molecule has 0 spiro atoms. The van der Waals surface area contributed by atoms with Gasteiger partial charge in [0.05, 0.1) is 11.8 Å². The third-order valence-electron chi connectivity index (χ3n) is 4.05. The molecule has 1 aromatic rings. The fraction of sp³-hybridized carbons (Fsp3) is 0.571. The van der Waals surface area contributed by atoms with Crippen molar-refractivity contribution in [2.75, 3.05) is 18.0 Å². The summed E-state index contributed by atoms with van der Waals surface area (Å²) < 4.78 is 0. The number of aliphatic carboxylic acids is 1.